The van der Waals surface area contributed by atoms with Crippen molar-refractivity contribution in [1.29, 1.82) is 0 Å². The Hall–Kier alpha value is -3.48. The molecule has 1 fully saturated rings. The van der Waals surface area contributed by atoms with Crippen LogP contribution in [0.15, 0.2) is 60.9 Å². The summed E-state index contributed by atoms with van der Waals surface area (Å²) < 4.78 is 38.5. The van der Waals surface area contributed by atoms with E-state index in [9.17, 15) is 22.8 Å². The first-order chi connectivity index (χ1) is 17.7. The molecule has 0 aliphatic heterocycles. The van der Waals surface area contributed by atoms with Gasteiger partial charge in [-0.2, -0.15) is 13.2 Å². The Morgan fingerprint density at radius 1 is 1.08 bits per heavy atom. The quantitative estimate of drug-likeness (QED) is 0.311. The van der Waals surface area contributed by atoms with Gasteiger partial charge in [0.1, 0.15) is 6.29 Å². The van der Waals surface area contributed by atoms with Crippen LogP contribution in [0.2, 0.25) is 0 Å². The van der Waals surface area contributed by atoms with E-state index in [0.717, 1.165) is 59.9 Å². The van der Waals surface area contributed by atoms with E-state index in [1.807, 2.05) is 49.4 Å². The van der Waals surface area contributed by atoms with E-state index >= 15 is 0 Å². The van der Waals surface area contributed by atoms with Gasteiger partial charge in [0.25, 0.3) is 0 Å². The number of hydrogen-bond acceptors (Lipinski definition) is 3. The smallest absolute Gasteiger partial charge is 0.325 e. The lowest BCUT2D eigenvalue weighted by atomic mass is 9.83. The molecular weight excluding hydrogens is 477 g/mol. The van der Waals surface area contributed by atoms with Crippen LogP contribution in [0, 0.1) is 12.8 Å². The standard InChI is InChI=1S/C30H31F3N2O2/c1-20-22(9-5-15-36)8-4-10-27(20)35-29(37)28(24-6-2-3-7-24)25-13-11-23(12-14-25)26-16-21(18-34-19-26)17-30(31,32)33/h4,8,10-16,18-19,24,28H,2-3,5-7,9,17H2,1H3,(H,35,37). The van der Waals surface area contributed by atoms with Crippen molar-refractivity contribution < 1.29 is 22.8 Å². The summed E-state index contributed by atoms with van der Waals surface area (Å²) in [4.78, 5) is 28.4. The molecule has 4 rings (SSSR count). The zero-order valence-corrected chi connectivity index (χ0v) is 20.9. The monoisotopic (exact) mass is 508 g/mol. The van der Waals surface area contributed by atoms with E-state index < -0.39 is 12.6 Å². The van der Waals surface area contributed by atoms with Crippen molar-refractivity contribution in [3.05, 3.63) is 83.2 Å². The molecule has 0 radical (unpaired) electrons. The highest BCUT2D eigenvalue weighted by molar-refractivity contribution is 5.97. The van der Waals surface area contributed by atoms with E-state index in [0.29, 0.717) is 18.4 Å². The van der Waals surface area contributed by atoms with E-state index in [4.69, 9.17) is 0 Å². The Bertz CT molecular complexity index is 1230. The number of anilines is 1. The van der Waals surface area contributed by atoms with Crippen molar-refractivity contribution in [2.75, 3.05) is 5.32 Å². The van der Waals surface area contributed by atoms with Crippen LogP contribution >= 0.6 is 0 Å². The lowest BCUT2D eigenvalue weighted by Gasteiger charge is -2.24. The van der Waals surface area contributed by atoms with E-state index in [-0.39, 0.29) is 23.3 Å². The molecule has 2 aromatic carbocycles. The molecule has 0 saturated heterocycles. The maximum atomic E-state index is 13.6. The summed E-state index contributed by atoms with van der Waals surface area (Å²) in [6.45, 7) is 1.95. The molecule has 1 aromatic heterocycles. The zero-order valence-electron chi connectivity index (χ0n) is 20.9. The third-order valence-electron chi connectivity index (χ3n) is 7.19. The second-order valence-corrected chi connectivity index (χ2v) is 9.80. The van der Waals surface area contributed by atoms with Gasteiger partial charge < -0.3 is 10.1 Å². The van der Waals surface area contributed by atoms with Gasteiger partial charge in [-0.3, -0.25) is 9.78 Å². The number of carbonyl (C=O) groups is 2. The predicted octanol–water partition coefficient (Wildman–Crippen LogP) is 7.21. The predicted molar refractivity (Wildman–Crippen MR) is 138 cm³/mol. The average molecular weight is 509 g/mol. The summed E-state index contributed by atoms with van der Waals surface area (Å²) in [6, 6.07) is 14.8. The molecule has 0 bridgehead atoms. The number of hydrogen-bond donors (Lipinski definition) is 1. The molecule has 1 aliphatic carbocycles. The molecular formula is C30H31F3N2O2. The van der Waals surface area contributed by atoms with E-state index in [1.165, 1.54) is 12.3 Å². The number of nitrogens with zero attached hydrogens (tertiary/aromatic N) is 1. The van der Waals surface area contributed by atoms with Gasteiger partial charge in [0, 0.05) is 30.1 Å². The molecule has 1 aliphatic rings. The lowest BCUT2D eigenvalue weighted by Crippen LogP contribution is -2.27. The number of amides is 1. The van der Waals surface area contributed by atoms with Crippen LogP contribution in [0.25, 0.3) is 11.1 Å². The van der Waals surface area contributed by atoms with Gasteiger partial charge in [0.15, 0.2) is 0 Å². The number of aryl methyl sites for hydroxylation is 1. The first-order valence-electron chi connectivity index (χ1n) is 12.7. The summed E-state index contributed by atoms with van der Waals surface area (Å²) in [5.74, 6) is -0.172. The molecule has 1 amide bonds. The van der Waals surface area contributed by atoms with Crippen LogP contribution in [-0.4, -0.2) is 23.4 Å². The Balaban J connectivity index is 1.57. The number of aromatic nitrogens is 1. The van der Waals surface area contributed by atoms with E-state index in [1.54, 1.807) is 6.20 Å². The molecule has 7 heteroatoms. The van der Waals surface area contributed by atoms with Gasteiger partial charge in [-0.15, -0.1) is 0 Å². The van der Waals surface area contributed by atoms with Crippen molar-refractivity contribution >= 4 is 17.9 Å². The maximum Gasteiger partial charge on any atom is 0.393 e. The highest BCUT2D eigenvalue weighted by Crippen LogP contribution is 2.39. The van der Waals surface area contributed by atoms with Gasteiger partial charge in [-0.05, 0) is 72.1 Å². The minimum Gasteiger partial charge on any atom is -0.325 e. The topological polar surface area (TPSA) is 59.1 Å². The van der Waals surface area contributed by atoms with Gasteiger partial charge in [0.05, 0.1) is 12.3 Å². The molecule has 1 N–H and O–H groups in total. The molecule has 3 aromatic rings. The van der Waals surface area contributed by atoms with Gasteiger partial charge in [-0.25, -0.2) is 0 Å². The fraction of sp³-hybridized carbons (Fsp3) is 0.367. The minimum atomic E-state index is -4.29. The summed E-state index contributed by atoms with van der Waals surface area (Å²) in [6.07, 6.45) is 3.56. The van der Waals surface area contributed by atoms with Crippen LogP contribution in [0.1, 0.15) is 60.3 Å². The molecule has 4 nitrogen and oxygen atoms in total. The molecule has 1 unspecified atom stereocenters. The highest BCUT2D eigenvalue weighted by Gasteiger charge is 2.32. The number of carbonyl (C=O) groups excluding carboxylic acids is 2. The zero-order chi connectivity index (χ0) is 26.4. The Morgan fingerprint density at radius 3 is 2.49 bits per heavy atom. The second-order valence-electron chi connectivity index (χ2n) is 9.80. The number of nitrogens with one attached hydrogen (secondary N) is 1. The molecule has 1 heterocycles. The molecule has 1 saturated carbocycles. The highest BCUT2D eigenvalue weighted by atomic mass is 19.4. The van der Waals surface area contributed by atoms with E-state index in [2.05, 4.69) is 10.3 Å². The summed E-state index contributed by atoms with van der Waals surface area (Å²) in [5.41, 5.74) is 5.12. The van der Waals surface area contributed by atoms with Gasteiger partial charge >= 0.3 is 6.18 Å². The number of halogens is 3. The minimum absolute atomic E-state index is 0.0656. The van der Waals surface area contributed by atoms with Crippen LogP contribution in [0.3, 0.4) is 0 Å². The SMILES string of the molecule is Cc1c(CCC=O)cccc1NC(=O)C(c1ccc(-c2cncc(CC(F)(F)F)c2)cc1)C1CCCC1. The summed E-state index contributed by atoms with van der Waals surface area (Å²) in [5, 5.41) is 3.13. The maximum absolute atomic E-state index is 13.6. The molecule has 37 heavy (non-hydrogen) atoms. The normalized spacial score (nSPS) is 14.9. The van der Waals surface area contributed by atoms with Gasteiger partial charge in [0.2, 0.25) is 5.91 Å². The van der Waals surface area contributed by atoms with Crippen LogP contribution in [0.4, 0.5) is 18.9 Å². The lowest BCUT2D eigenvalue weighted by molar-refractivity contribution is -0.127. The van der Waals surface area contributed by atoms with Crippen molar-refractivity contribution in [2.24, 2.45) is 5.92 Å². The Kier molecular flexibility index (Phi) is 8.41. The molecule has 0 spiro atoms. The number of aldehydes is 1. The van der Waals surface area contributed by atoms with Crippen molar-refractivity contribution in [2.45, 2.75) is 64.0 Å². The largest absolute Gasteiger partial charge is 0.393 e. The van der Waals surface area contributed by atoms with Crippen LogP contribution in [-0.2, 0) is 22.4 Å². The first kappa shape index (κ1) is 26.6. The van der Waals surface area contributed by atoms with Crippen molar-refractivity contribution in [3.63, 3.8) is 0 Å². The number of alkyl halides is 3. The van der Waals surface area contributed by atoms with Crippen molar-refractivity contribution in [1.82, 2.24) is 4.98 Å². The number of pyridine rings is 1. The van der Waals surface area contributed by atoms with Crippen LogP contribution < -0.4 is 5.32 Å². The first-order valence-corrected chi connectivity index (χ1v) is 12.7. The fourth-order valence-corrected chi connectivity index (χ4v) is 5.30. The number of benzene rings is 2. The third-order valence-corrected chi connectivity index (χ3v) is 7.19. The van der Waals surface area contributed by atoms with Crippen molar-refractivity contribution in [3.8, 4) is 11.1 Å². The number of rotatable bonds is 9. The van der Waals surface area contributed by atoms with Gasteiger partial charge in [-0.1, -0.05) is 49.2 Å². The molecule has 1 atom stereocenters. The second kappa shape index (κ2) is 11.7. The fourth-order valence-electron chi connectivity index (χ4n) is 5.30. The van der Waals surface area contributed by atoms with Crippen LogP contribution in [0.5, 0.6) is 0 Å². The summed E-state index contributed by atoms with van der Waals surface area (Å²) >= 11 is 0. The average Bonchev–Trinajstić information content (AvgIpc) is 3.39. The Labute approximate surface area is 215 Å². The third kappa shape index (κ3) is 6.85. The summed E-state index contributed by atoms with van der Waals surface area (Å²) in [7, 11) is 0. The Morgan fingerprint density at radius 2 is 1.81 bits per heavy atom. The molecule has 194 valence electrons.